The zero-order valence-electron chi connectivity index (χ0n) is 10.0. The van der Waals surface area contributed by atoms with E-state index < -0.39 is 0 Å². The average molecular weight is 245 g/mol. The second-order valence-electron chi connectivity index (χ2n) is 4.46. The van der Waals surface area contributed by atoms with E-state index in [-0.39, 0.29) is 0 Å². The minimum Gasteiger partial charge on any atom is -0.421 e. The van der Waals surface area contributed by atoms with Gasteiger partial charge in [-0.05, 0) is 31.9 Å². The highest BCUT2D eigenvalue weighted by Crippen LogP contribution is 2.19. The van der Waals surface area contributed by atoms with Gasteiger partial charge in [-0.25, -0.2) is 0 Å². The van der Waals surface area contributed by atoms with Gasteiger partial charge in [-0.1, -0.05) is 0 Å². The van der Waals surface area contributed by atoms with Crippen LogP contribution in [-0.4, -0.2) is 33.0 Å². The lowest BCUT2D eigenvalue weighted by atomic mass is 10.3. The third kappa shape index (κ3) is 2.89. The molecule has 2 aromatic heterocycles. The van der Waals surface area contributed by atoms with Crippen molar-refractivity contribution in [1.29, 1.82) is 0 Å². The summed E-state index contributed by atoms with van der Waals surface area (Å²) in [7, 11) is 0. The van der Waals surface area contributed by atoms with Crippen molar-refractivity contribution >= 4 is 0 Å². The van der Waals surface area contributed by atoms with Gasteiger partial charge in [0.2, 0.25) is 11.8 Å². The fraction of sp³-hybridized carbons (Fsp3) is 0.500. The van der Waals surface area contributed by atoms with Gasteiger partial charge in [0.15, 0.2) is 0 Å². The number of rotatable bonds is 6. The van der Waals surface area contributed by atoms with Gasteiger partial charge in [0.25, 0.3) is 0 Å². The zero-order chi connectivity index (χ0) is 12.2. The van der Waals surface area contributed by atoms with E-state index in [1.807, 2.05) is 0 Å². The molecular weight excluding hydrogens is 230 g/mol. The smallest absolute Gasteiger partial charge is 0.249 e. The van der Waals surface area contributed by atoms with Gasteiger partial charge < -0.3 is 9.73 Å². The number of nitrogens with one attached hydrogen (secondary N) is 1. The summed E-state index contributed by atoms with van der Waals surface area (Å²) in [5, 5.41) is 19.0. The van der Waals surface area contributed by atoms with Crippen molar-refractivity contribution in [2.45, 2.75) is 31.7 Å². The lowest BCUT2D eigenvalue weighted by molar-refractivity contribution is 0.490. The summed E-state index contributed by atoms with van der Waals surface area (Å²) in [5.74, 6) is 1.19. The fourth-order valence-electron chi connectivity index (χ4n) is 1.72. The Bertz CT molecular complexity index is 494. The predicted molar refractivity (Wildman–Crippen MR) is 64.7 cm³/mol. The van der Waals surface area contributed by atoms with Crippen molar-refractivity contribution in [3.05, 3.63) is 24.4 Å². The van der Waals surface area contributed by atoms with Crippen LogP contribution in [0.15, 0.2) is 22.9 Å². The summed E-state index contributed by atoms with van der Waals surface area (Å²) in [4.78, 5) is 0. The normalized spacial score (nSPS) is 14.9. The molecule has 6 heteroatoms. The molecule has 3 rings (SSSR count). The first-order valence-electron chi connectivity index (χ1n) is 6.24. The van der Waals surface area contributed by atoms with Crippen LogP contribution in [0, 0.1) is 0 Å². The van der Waals surface area contributed by atoms with Crippen molar-refractivity contribution < 1.29 is 4.42 Å². The van der Waals surface area contributed by atoms with Gasteiger partial charge in [0.05, 0.1) is 18.0 Å². The van der Waals surface area contributed by atoms with Gasteiger partial charge in [-0.3, -0.25) is 0 Å². The van der Waals surface area contributed by atoms with Crippen LogP contribution in [0.4, 0.5) is 0 Å². The fourth-order valence-corrected chi connectivity index (χ4v) is 1.72. The number of nitrogens with zero attached hydrogens (tertiary/aromatic N) is 4. The predicted octanol–water partition coefficient (Wildman–Crippen LogP) is 1.21. The quantitative estimate of drug-likeness (QED) is 0.771. The van der Waals surface area contributed by atoms with E-state index in [4.69, 9.17) is 4.42 Å². The number of aryl methyl sites for hydroxylation is 1. The Balaban J connectivity index is 1.52. The average Bonchev–Trinajstić information content (AvgIpc) is 3.12. The molecule has 0 unspecified atom stereocenters. The molecule has 94 valence electrons. The van der Waals surface area contributed by atoms with Crippen LogP contribution in [0.1, 0.15) is 25.2 Å². The van der Waals surface area contributed by atoms with Crippen molar-refractivity contribution in [3.63, 3.8) is 0 Å². The van der Waals surface area contributed by atoms with Crippen LogP contribution < -0.4 is 5.32 Å². The largest absolute Gasteiger partial charge is 0.421 e. The Hall–Kier alpha value is -1.82. The molecular formula is C12H15N5O. The van der Waals surface area contributed by atoms with E-state index in [9.17, 15) is 0 Å². The third-order valence-electron chi connectivity index (χ3n) is 2.88. The first-order valence-corrected chi connectivity index (χ1v) is 6.24. The molecule has 0 aliphatic heterocycles. The molecule has 0 saturated heterocycles. The molecule has 6 nitrogen and oxygen atoms in total. The monoisotopic (exact) mass is 245 g/mol. The molecule has 2 aromatic rings. The van der Waals surface area contributed by atoms with E-state index in [1.165, 1.54) is 12.8 Å². The van der Waals surface area contributed by atoms with Gasteiger partial charge in [-0.15, -0.1) is 10.2 Å². The second kappa shape index (κ2) is 5.22. The van der Waals surface area contributed by atoms with E-state index in [2.05, 4.69) is 25.7 Å². The minimum absolute atomic E-state index is 0.509. The van der Waals surface area contributed by atoms with Crippen LogP contribution >= 0.6 is 0 Å². The molecule has 0 aromatic carbocycles. The number of hydrogen-bond acceptors (Lipinski definition) is 6. The van der Waals surface area contributed by atoms with Gasteiger partial charge in [0.1, 0.15) is 0 Å². The van der Waals surface area contributed by atoms with E-state index in [0.29, 0.717) is 11.8 Å². The van der Waals surface area contributed by atoms with Crippen molar-refractivity contribution in [3.8, 4) is 11.5 Å². The molecule has 18 heavy (non-hydrogen) atoms. The summed E-state index contributed by atoms with van der Waals surface area (Å²) in [5.41, 5.74) is 0.805. The third-order valence-corrected chi connectivity index (χ3v) is 2.88. The summed E-state index contributed by atoms with van der Waals surface area (Å²) < 4.78 is 5.57. The summed E-state index contributed by atoms with van der Waals surface area (Å²) >= 11 is 0. The number of hydrogen-bond donors (Lipinski definition) is 1. The SMILES string of the molecule is c1cc(-c2nnc(CCCNC3CC3)o2)cnn1. The molecule has 0 radical (unpaired) electrons. The Morgan fingerprint density at radius 3 is 3.00 bits per heavy atom. The van der Waals surface area contributed by atoms with E-state index in [0.717, 1.165) is 31.0 Å². The van der Waals surface area contributed by atoms with Crippen molar-refractivity contribution in [2.75, 3.05) is 6.54 Å². The molecule has 1 fully saturated rings. The van der Waals surface area contributed by atoms with E-state index in [1.54, 1.807) is 18.5 Å². The van der Waals surface area contributed by atoms with E-state index >= 15 is 0 Å². The highest BCUT2D eigenvalue weighted by atomic mass is 16.4. The molecule has 1 saturated carbocycles. The maximum atomic E-state index is 5.57. The van der Waals surface area contributed by atoms with Gasteiger partial charge in [0, 0.05) is 12.5 Å². The summed E-state index contributed by atoms with van der Waals surface area (Å²) in [6, 6.07) is 2.56. The summed E-state index contributed by atoms with van der Waals surface area (Å²) in [6.07, 6.45) is 7.70. The number of aromatic nitrogens is 4. The first kappa shape index (κ1) is 11.3. The van der Waals surface area contributed by atoms with Crippen molar-refractivity contribution in [2.24, 2.45) is 0 Å². The molecule has 0 amide bonds. The lowest BCUT2D eigenvalue weighted by Gasteiger charge is -1.99. The highest BCUT2D eigenvalue weighted by molar-refractivity contribution is 5.49. The zero-order valence-corrected chi connectivity index (χ0v) is 10.0. The van der Waals surface area contributed by atoms with Gasteiger partial charge in [-0.2, -0.15) is 10.2 Å². The minimum atomic E-state index is 0.509. The molecule has 1 N–H and O–H groups in total. The summed E-state index contributed by atoms with van der Waals surface area (Å²) in [6.45, 7) is 1.01. The van der Waals surface area contributed by atoms with Crippen LogP contribution in [0.5, 0.6) is 0 Å². The molecule has 0 spiro atoms. The Morgan fingerprint density at radius 1 is 1.28 bits per heavy atom. The maximum absolute atomic E-state index is 5.57. The van der Waals surface area contributed by atoms with Crippen LogP contribution in [-0.2, 0) is 6.42 Å². The maximum Gasteiger partial charge on any atom is 0.249 e. The molecule has 2 heterocycles. The Kier molecular flexibility index (Phi) is 3.27. The molecule has 1 aliphatic rings. The topological polar surface area (TPSA) is 76.7 Å². The molecule has 1 aliphatic carbocycles. The second-order valence-corrected chi connectivity index (χ2v) is 4.46. The lowest BCUT2D eigenvalue weighted by Crippen LogP contribution is -2.17. The van der Waals surface area contributed by atoms with Crippen molar-refractivity contribution in [1.82, 2.24) is 25.7 Å². The van der Waals surface area contributed by atoms with Crippen LogP contribution in [0.25, 0.3) is 11.5 Å². The molecule has 0 bridgehead atoms. The van der Waals surface area contributed by atoms with Crippen LogP contribution in [0.3, 0.4) is 0 Å². The van der Waals surface area contributed by atoms with Crippen LogP contribution in [0.2, 0.25) is 0 Å². The Labute approximate surface area is 105 Å². The first-order chi connectivity index (χ1) is 8.92. The highest BCUT2D eigenvalue weighted by Gasteiger charge is 2.19. The van der Waals surface area contributed by atoms with Gasteiger partial charge >= 0.3 is 0 Å². The Morgan fingerprint density at radius 2 is 2.22 bits per heavy atom. The molecule has 0 atom stereocenters. The standard InChI is InChI=1S/C12H15N5O/c1(6-13-10-3-4-10)2-11-16-17-12(18-11)9-5-7-14-15-8-9/h5,7-8,10,13H,1-4,6H2.